The highest BCUT2D eigenvalue weighted by Gasteiger charge is 2.24. The lowest BCUT2D eigenvalue weighted by Gasteiger charge is -2.19. The molecule has 0 unspecified atom stereocenters. The zero-order chi connectivity index (χ0) is 18.9. The normalized spacial score (nSPS) is 16.9. The van der Waals surface area contributed by atoms with E-state index in [1.165, 1.54) is 0 Å². The largest absolute Gasteiger partial charge is 0.353 e. The number of nitrogens with one attached hydrogen (secondary N) is 1. The smallest absolute Gasteiger partial charge is 0.152 e. The molecule has 0 amide bonds. The van der Waals surface area contributed by atoms with Gasteiger partial charge < -0.3 is 14.6 Å². The van der Waals surface area contributed by atoms with Crippen molar-refractivity contribution >= 4 is 22.9 Å². The fraction of sp³-hybridized carbons (Fsp3) is 0.238. The quantitative estimate of drug-likeness (QED) is 0.564. The predicted molar refractivity (Wildman–Crippen MR) is 111 cm³/mol. The average Bonchev–Trinajstić information content (AvgIpc) is 3.46. The first-order valence-corrected chi connectivity index (χ1v) is 9.84. The molecule has 0 bridgehead atoms. The Morgan fingerprint density at radius 1 is 1.07 bits per heavy atom. The fourth-order valence-corrected chi connectivity index (χ4v) is 3.89. The summed E-state index contributed by atoms with van der Waals surface area (Å²) in [7, 11) is 0. The Balaban J connectivity index is 1.21. The second-order valence-electron chi connectivity index (χ2n) is 7.09. The number of benzene rings is 1. The van der Waals surface area contributed by atoms with E-state index in [2.05, 4.69) is 49.1 Å². The van der Waals surface area contributed by atoms with Crippen molar-refractivity contribution in [2.75, 3.05) is 18.0 Å². The van der Waals surface area contributed by atoms with E-state index in [-0.39, 0.29) is 0 Å². The summed E-state index contributed by atoms with van der Waals surface area (Å²) in [4.78, 5) is 6.97. The highest BCUT2D eigenvalue weighted by molar-refractivity contribution is 6.30. The zero-order valence-electron chi connectivity index (χ0n) is 15.4. The van der Waals surface area contributed by atoms with E-state index in [0.717, 1.165) is 53.8 Å². The van der Waals surface area contributed by atoms with E-state index < -0.39 is 0 Å². The number of halogens is 1. The number of anilines is 1. The molecule has 0 aliphatic carbocycles. The summed E-state index contributed by atoms with van der Waals surface area (Å²) in [5.74, 6) is 1.06. The molecule has 1 aliphatic rings. The second kappa shape index (κ2) is 7.30. The van der Waals surface area contributed by atoms with Crippen molar-refractivity contribution in [1.82, 2.24) is 24.5 Å². The summed E-state index contributed by atoms with van der Waals surface area (Å²) in [6.45, 7) is 2.71. The van der Waals surface area contributed by atoms with Crippen LogP contribution in [-0.4, -0.2) is 38.3 Å². The molecule has 5 rings (SSSR count). The lowest BCUT2D eigenvalue weighted by atomic mass is 10.2. The third-order valence-corrected chi connectivity index (χ3v) is 5.48. The van der Waals surface area contributed by atoms with Gasteiger partial charge in [0, 0.05) is 55.5 Å². The number of hydrogen-bond donors (Lipinski definition) is 1. The molecule has 1 aromatic carbocycles. The second-order valence-corrected chi connectivity index (χ2v) is 7.53. The van der Waals surface area contributed by atoms with Crippen molar-refractivity contribution in [2.45, 2.75) is 19.0 Å². The van der Waals surface area contributed by atoms with Crippen LogP contribution in [0, 0.1) is 0 Å². The van der Waals surface area contributed by atoms with E-state index in [1.54, 1.807) is 0 Å². The predicted octanol–water partition coefficient (Wildman–Crippen LogP) is 3.54. The first-order chi connectivity index (χ1) is 13.8. The van der Waals surface area contributed by atoms with Crippen molar-refractivity contribution in [1.29, 1.82) is 0 Å². The maximum absolute atomic E-state index is 5.96. The molecule has 0 spiro atoms. The number of aromatic nitrogens is 4. The molecular formula is C21H21ClN6. The molecule has 6 nitrogen and oxygen atoms in total. The van der Waals surface area contributed by atoms with E-state index in [4.69, 9.17) is 11.6 Å². The van der Waals surface area contributed by atoms with Crippen LogP contribution in [0.2, 0.25) is 5.02 Å². The van der Waals surface area contributed by atoms with Gasteiger partial charge >= 0.3 is 0 Å². The first kappa shape index (κ1) is 17.3. The van der Waals surface area contributed by atoms with Crippen molar-refractivity contribution in [3.8, 4) is 5.69 Å². The molecule has 1 N–H and O–H groups in total. The van der Waals surface area contributed by atoms with Gasteiger partial charge in [0.1, 0.15) is 0 Å². The van der Waals surface area contributed by atoms with Crippen LogP contribution in [0.25, 0.3) is 11.2 Å². The van der Waals surface area contributed by atoms with Crippen molar-refractivity contribution in [3.63, 3.8) is 0 Å². The molecule has 142 valence electrons. The Hall–Kier alpha value is -2.83. The van der Waals surface area contributed by atoms with Crippen molar-refractivity contribution in [2.24, 2.45) is 0 Å². The van der Waals surface area contributed by atoms with E-state index >= 15 is 0 Å². The summed E-state index contributed by atoms with van der Waals surface area (Å²) < 4.78 is 4.00. The van der Waals surface area contributed by atoms with Crippen LogP contribution < -0.4 is 10.2 Å². The van der Waals surface area contributed by atoms with Crippen LogP contribution in [-0.2, 0) is 6.54 Å². The van der Waals surface area contributed by atoms with Gasteiger partial charge in [0.25, 0.3) is 0 Å². The van der Waals surface area contributed by atoms with Crippen LogP contribution in [0.15, 0.2) is 67.3 Å². The first-order valence-electron chi connectivity index (χ1n) is 9.47. The SMILES string of the molecule is Clc1ccc(-n2ccc(CN[C@H]3CCN(c4nccn5cccc45)C3)n2)cc1. The third kappa shape index (κ3) is 3.37. The number of fused-ring (bicyclic) bond motifs is 1. The lowest BCUT2D eigenvalue weighted by molar-refractivity contribution is 0.543. The lowest BCUT2D eigenvalue weighted by Crippen LogP contribution is -2.32. The third-order valence-electron chi connectivity index (χ3n) is 5.23. The Kier molecular flexibility index (Phi) is 4.50. The Morgan fingerprint density at radius 2 is 1.96 bits per heavy atom. The van der Waals surface area contributed by atoms with Gasteiger partial charge in [-0.05, 0) is 48.9 Å². The molecule has 3 aromatic heterocycles. The van der Waals surface area contributed by atoms with Crippen LogP contribution >= 0.6 is 11.6 Å². The Bertz CT molecular complexity index is 1080. The molecule has 1 atom stereocenters. The fourth-order valence-electron chi connectivity index (χ4n) is 3.76. The summed E-state index contributed by atoms with van der Waals surface area (Å²) in [6, 6.07) is 14.4. The Morgan fingerprint density at radius 3 is 2.86 bits per heavy atom. The van der Waals surface area contributed by atoms with Crippen molar-refractivity contribution in [3.05, 3.63) is 78.0 Å². The molecule has 0 radical (unpaired) electrons. The molecule has 4 aromatic rings. The van der Waals surface area contributed by atoms with Gasteiger partial charge in [-0.2, -0.15) is 5.10 Å². The minimum atomic E-state index is 0.428. The van der Waals surface area contributed by atoms with Crippen molar-refractivity contribution < 1.29 is 0 Å². The number of rotatable bonds is 5. The molecular weight excluding hydrogens is 372 g/mol. The molecule has 1 fully saturated rings. The summed E-state index contributed by atoms with van der Waals surface area (Å²) >= 11 is 5.96. The van der Waals surface area contributed by atoms with Crippen LogP contribution in [0.4, 0.5) is 5.82 Å². The standard InChI is InChI=1S/C21H21ClN6/c22-16-3-5-19(6-4-16)28-12-8-17(25-28)14-24-18-7-11-27(15-18)21-20-2-1-10-26(20)13-9-23-21/h1-6,8-10,12-13,18,24H,7,11,14-15H2/t18-/m0/s1. The van der Waals surface area contributed by atoms with Gasteiger partial charge in [0.05, 0.1) is 16.9 Å². The maximum atomic E-state index is 5.96. The van der Waals surface area contributed by atoms with Crippen LogP contribution in [0.1, 0.15) is 12.1 Å². The minimum absolute atomic E-state index is 0.428. The monoisotopic (exact) mass is 392 g/mol. The number of hydrogen-bond acceptors (Lipinski definition) is 4. The molecule has 4 heterocycles. The number of nitrogens with zero attached hydrogens (tertiary/aromatic N) is 5. The van der Waals surface area contributed by atoms with Gasteiger partial charge in [-0.15, -0.1) is 0 Å². The zero-order valence-corrected chi connectivity index (χ0v) is 16.1. The van der Waals surface area contributed by atoms with E-state index in [9.17, 15) is 0 Å². The van der Waals surface area contributed by atoms with Gasteiger partial charge in [0.15, 0.2) is 5.82 Å². The van der Waals surface area contributed by atoms with Gasteiger partial charge in [-0.3, -0.25) is 0 Å². The highest BCUT2D eigenvalue weighted by atomic mass is 35.5. The topological polar surface area (TPSA) is 50.4 Å². The highest BCUT2D eigenvalue weighted by Crippen LogP contribution is 2.23. The van der Waals surface area contributed by atoms with Gasteiger partial charge in [-0.1, -0.05) is 11.6 Å². The summed E-state index contributed by atoms with van der Waals surface area (Å²) in [5, 5.41) is 9.03. The van der Waals surface area contributed by atoms with E-state index in [0.29, 0.717) is 6.04 Å². The molecule has 1 saturated heterocycles. The molecule has 28 heavy (non-hydrogen) atoms. The Labute approximate surface area is 168 Å². The van der Waals surface area contributed by atoms with Gasteiger partial charge in [-0.25, -0.2) is 9.67 Å². The van der Waals surface area contributed by atoms with E-state index in [1.807, 2.05) is 47.5 Å². The van der Waals surface area contributed by atoms with Crippen LogP contribution in [0.5, 0.6) is 0 Å². The summed E-state index contributed by atoms with van der Waals surface area (Å²) in [6.07, 6.45) is 9.00. The molecule has 0 saturated carbocycles. The minimum Gasteiger partial charge on any atom is -0.353 e. The average molecular weight is 393 g/mol. The molecule has 1 aliphatic heterocycles. The summed E-state index contributed by atoms with van der Waals surface area (Å²) in [5.41, 5.74) is 3.19. The van der Waals surface area contributed by atoms with Crippen LogP contribution in [0.3, 0.4) is 0 Å². The molecule has 7 heteroatoms. The van der Waals surface area contributed by atoms with Gasteiger partial charge in [0.2, 0.25) is 0 Å². The maximum Gasteiger partial charge on any atom is 0.152 e.